The molecule has 0 unspecified atom stereocenters. The summed E-state index contributed by atoms with van der Waals surface area (Å²) < 4.78 is 0. The van der Waals surface area contributed by atoms with Gasteiger partial charge in [0, 0.05) is 93.6 Å². The van der Waals surface area contributed by atoms with Crippen LogP contribution in [0.3, 0.4) is 0 Å². The summed E-state index contributed by atoms with van der Waals surface area (Å²) in [5.74, 6) is -8.34. The standard InChI is InChI=1S/2C16H36P.C13H10N2O3.3C12H8N2O4.C12H20P.4CNS.2Ru/c2*1-5-9-13-17(14-10-6-2,15-11-7-3)16-12-8-4;1-8(16)9-2-4-14-11(6-9)12-7-10(13(17)18)3-5-15-12;3*15-11(16)7-1-3-13-9(5-7)10-6-8(12(17)18)2-4-14-10;1-4-13(5-2,6-3)12-10-8-7-9-11-12;4*2-1-3;;/h2*5-16H2,1-4H3;2-7H,1H3,(H,17,18);3*1-6H,(H,15,16)(H,17,18);7-11H,4-6H2,1-3H3;;;;;;/q2*+1;;;;;+1;4*-1;2*+2/p-3. The molecule has 0 aliphatic carbocycles. The zero-order chi connectivity index (χ0) is 99.0. The first-order valence-electron chi connectivity index (χ1n) is 43.2. The van der Waals surface area contributed by atoms with Crippen molar-refractivity contribution in [3.8, 4) is 45.6 Å². The average molecular weight is 2120 g/mol. The van der Waals surface area contributed by atoms with Crippen molar-refractivity contribution in [3.05, 3.63) is 243 Å². The second-order valence-corrected chi connectivity index (χ2v) is 43.6. The monoisotopic (exact) mass is 2120 g/mol. The van der Waals surface area contributed by atoms with Crippen molar-refractivity contribution in [2.45, 2.75) is 186 Å². The van der Waals surface area contributed by atoms with Crippen molar-refractivity contribution in [1.29, 1.82) is 0 Å². The van der Waals surface area contributed by atoms with E-state index in [1.54, 1.807) is 66.7 Å². The Morgan fingerprint density at radius 2 is 0.451 bits per heavy atom. The molecule has 0 radical (unpaired) electrons. The molecular weight excluding hydrogens is 2000 g/mol. The normalized spacial score (nSPS) is 9.86. The molecule has 0 fully saturated rings. The number of carbonyl (C=O) groups is 8. The Morgan fingerprint density at radius 1 is 0.293 bits per heavy atom. The predicted octanol–water partition coefficient (Wildman–Crippen LogP) is 21.1. The number of aromatic nitrogens is 8. The Bertz CT molecular complexity index is 4240. The molecule has 133 heavy (non-hydrogen) atoms. The fourth-order valence-electron chi connectivity index (χ4n) is 12.9. The van der Waals surface area contributed by atoms with Crippen LogP contribution < -0.4 is 20.6 Å². The smallest absolute Gasteiger partial charge is 0.753 e. The number of aromatic carboxylic acids is 7. The van der Waals surface area contributed by atoms with Crippen molar-refractivity contribution >= 4 is 144 Å². The van der Waals surface area contributed by atoms with Gasteiger partial charge < -0.3 is 71.8 Å². The predicted molar refractivity (Wildman–Crippen MR) is 541 cm³/mol. The van der Waals surface area contributed by atoms with E-state index in [2.05, 4.69) is 195 Å². The molecular formula is C97H123N12O15P3Ru2S4. The van der Waals surface area contributed by atoms with E-state index >= 15 is 0 Å². The molecule has 0 saturated carbocycles. The number of carboxylic acid groups (broad SMARTS) is 7. The summed E-state index contributed by atoms with van der Waals surface area (Å²) in [7, 11) is -1.92. The summed E-state index contributed by atoms with van der Waals surface area (Å²) in [4.78, 5) is 118. The minimum atomic E-state index is -1.33. The number of unbranched alkanes of at least 4 members (excludes halogenated alkanes) is 8. The maximum Gasteiger partial charge on any atom is 2.00 e. The molecule has 0 atom stereocenters. The first-order chi connectivity index (χ1) is 62.7. The van der Waals surface area contributed by atoms with E-state index in [9.17, 15) is 53.7 Å². The number of isothiocyanates is 4. The van der Waals surface area contributed by atoms with Gasteiger partial charge in [-0.05, 0) is 188 Å². The SMILES string of the molecule is CC(=O)c1ccnc(-c2cc(C(=O)O)ccn2)c1.CCCC[P+](CCCC)(CCCC)CCCC.CCCC[P+](CCCC)(CCCC)CCCC.CC[P+](CC)(CC)c1ccccc1.O=C([O-])c1ccnc(-c2cc(C(=O)O)ccn2)c1.O=C([O-])c1ccnc(-c2cc(C(=O)O)ccn2)c1.O=C([O-])c1ccnc(-c2cc(C(=O)O)ccn2)c1.[N-]=C=S.[N-]=C=S.[N-]=C=S.[N-]=C=S.[Ru+2].[Ru+2]. The van der Waals surface area contributed by atoms with Crippen molar-refractivity contribution < 1.29 is 113 Å². The summed E-state index contributed by atoms with van der Waals surface area (Å²) in [5.41, 5.74) is 3.31. The summed E-state index contributed by atoms with van der Waals surface area (Å²) in [5, 5.41) is 103. The Labute approximate surface area is 832 Å². The molecule has 716 valence electrons. The van der Waals surface area contributed by atoms with Gasteiger partial charge in [0.2, 0.25) is 0 Å². The van der Waals surface area contributed by atoms with Crippen molar-refractivity contribution in [3.63, 3.8) is 0 Å². The number of rotatable bonds is 40. The van der Waals surface area contributed by atoms with Gasteiger partial charge in [0.05, 0.1) is 159 Å². The molecule has 4 N–H and O–H groups in total. The molecule has 0 aliphatic heterocycles. The molecule has 0 saturated heterocycles. The maximum atomic E-state index is 11.3. The molecule has 9 rings (SSSR count). The topological polar surface area (TPSA) is 479 Å². The Morgan fingerprint density at radius 3 is 0.602 bits per heavy atom. The van der Waals surface area contributed by atoms with Gasteiger partial charge in [0.1, 0.15) is 0 Å². The third-order valence-electron chi connectivity index (χ3n) is 20.2. The molecule has 0 amide bonds. The van der Waals surface area contributed by atoms with Gasteiger partial charge in [0.25, 0.3) is 0 Å². The number of ketones is 1. The number of pyridine rings is 8. The molecule has 0 bridgehead atoms. The van der Waals surface area contributed by atoms with E-state index in [-0.39, 0.29) is 118 Å². The van der Waals surface area contributed by atoms with Crippen LogP contribution in [0.5, 0.6) is 0 Å². The fourth-order valence-corrected chi connectivity index (χ4v) is 26.8. The van der Waals surface area contributed by atoms with E-state index in [0.717, 1.165) is 0 Å². The second kappa shape index (κ2) is 78.4. The van der Waals surface area contributed by atoms with Crippen LogP contribution in [0.1, 0.15) is 269 Å². The summed E-state index contributed by atoms with van der Waals surface area (Å²) in [6.45, 7) is 27.3. The molecule has 1 aromatic carbocycles. The largest absolute Gasteiger partial charge is 2.00 e. The number of carboxylic acids is 7. The molecule has 9 aromatic rings. The molecule has 0 spiro atoms. The zero-order valence-electron chi connectivity index (χ0n) is 77.7. The number of Topliss-reactive ketones (excluding diaryl/α,β-unsaturated/α-hetero) is 1. The molecule has 8 heterocycles. The molecule has 27 nitrogen and oxygen atoms in total. The van der Waals surface area contributed by atoms with Crippen LogP contribution in [0.2, 0.25) is 0 Å². The number of thiocarbonyl (C=S) groups is 4. The summed E-state index contributed by atoms with van der Waals surface area (Å²) in [6.07, 6.45) is 50.7. The van der Waals surface area contributed by atoms with Crippen molar-refractivity contribution in [1.82, 2.24) is 39.9 Å². The molecule has 8 aromatic heterocycles. The van der Waals surface area contributed by atoms with Crippen molar-refractivity contribution in [2.75, 3.05) is 67.8 Å². The first kappa shape index (κ1) is 129. The molecule has 0 aliphatic rings. The Hall–Kier alpha value is -9.88. The van der Waals surface area contributed by atoms with Crippen LogP contribution >= 0.6 is 70.7 Å². The third-order valence-corrected chi connectivity index (χ3v) is 35.4. The number of benzene rings is 1. The van der Waals surface area contributed by atoms with Gasteiger partial charge >= 0.3 is 62.8 Å². The third kappa shape index (κ3) is 53.7. The van der Waals surface area contributed by atoms with Crippen LogP contribution in [0, 0.1) is 0 Å². The van der Waals surface area contributed by atoms with E-state index in [0.29, 0.717) is 17.0 Å². The minimum absolute atomic E-state index is 0. The van der Waals surface area contributed by atoms with Gasteiger partial charge in [-0.3, -0.25) is 44.7 Å². The fraction of sp³-hybridized carbons (Fsp3) is 0.402. The van der Waals surface area contributed by atoms with E-state index in [1.807, 2.05) is 0 Å². The van der Waals surface area contributed by atoms with Crippen LogP contribution in [-0.4, -0.2) is 196 Å². The first-order valence-corrected chi connectivity index (χ1v) is 52.2. The van der Waals surface area contributed by atoms with E-state index in [4.69, 9.17) is 42.1 Å². The van der Waals surface area contributed by atoms with Crippen LogP contribution in [0.15, 0.2) is 177 Å². The number of nitrogens with zero attached hydrogens (tertiary/aromatic N) is 12. The second-order valence-electron chi connectivity index (χ2n) is 29.2. The van der Waals surface area contributed by atoms with Gasteiger partial charge in [-0.15, -0.1) is 0 Å². The van der Waals surface area contributed by atoms with Gasteiger partial charge in [-0.25, -0.2) is 19.2 Å². The van der Waals surface area contributed by atoms with Gasteiger partial charge in [-0.1, -0.05) is 174 Å². The number of hydrogen-bond donors (Lipinski definition) is 4. The average Bonchev–Trinajstić information content (AvgIpc) is 0.852. The van der Waals surface area contributed by atoms with Crippen molar-refractivity contribution in [2.24, 2.45) is 0 Å². The van der Waals surface area contributed by atoms with E-state index in [1.165, 1.54) is 283 Å². The summed E-state index contributed by atoms with van der Waals surface area (Å²) >= 11 is 14.8. The van der Waals surface area contributed by atoms with Crippen LogP contribution in [-0.2, 0) is 39.0 Å². The Kier molecular flexibility index (Phi) is 76.3. The van der Waals surface area contributed by atoms with Gasteiger partial charge in [-0.2, -0.15) is 20.6 Å². The Balaban J connectivity index is -0.000000714. The zero-order valence-corrected chi connectivity index (χ0v) is 87.1. The van der Waals surface area contributed by atoms with Crippen LogP contribution in [0.25, 0.3) is 67.2 Å². The summed E-state index contributed by atoms with van der Waals surface area (Å²) in [6, 6.07) is 32.8. The minimum Gasteiger partial charge on any atom is -0.753 e. The maximum absolute atomic E-state index is 11.3. The molecule has 36 heteroatoms. The van der Waals surface area contributed by atoms with Gasteiger partial charge in [0.15, 0.2) is 5.78 Å². The van der Waals surface area contributed by atoms with Crippen LogP contribution in [0.4, 0.5) is 0 Å². The quantitative estimate of drug-likeness (QED) is 0.00911. The number of hydrogen-bond acceptors (Lipinski definition) is 23. The number of carbonyl (C=O) groups excluding carboxylic acids is 4. The van der Waals surface area contributed by atoms with E-state index < -0.39 is 63.6 Å².